The van der Waals surface area contributed by atoms with Crippen molar-refractivity contribution in [3.05, 3.63) is 52.4 Å². The molecule has 4 heteroatoms. The first-order chi connectivity index (χ1) is 10.2. The molecule has 1 unspecified atom stereocenters. The molecule has 0 spiro atoms. The van der Waals surface area contributed by atoms with Crippen LogP contribution in [-0.2, 0) is 12.8 Å². The van der Waals surface area contributed by atoms with E-state index in [1.54, 1.807) is 6.92 Å². The Morgan fingerprint density at radius 3 is 3.05 bits per heavy atom. The van der Waals surface area contributed by atoms with Gasteiger partial charge in [0, 0.05) is 0 Å². The summed E-state index contributed by atoms with van der Waals surface area (Å²) in [5.41, 5.74) is 3.91. The minimum atomic E-state index is -0.0766. The summed E-state index contributed by atoms with van der Waals surface area (Å²) in [6.07, 6.45) is 3.87. The zero-order valence-electron chi connectivity index (χ0n) is 12.5. The third-order valence-corrected chi connectivity index (χ3v) is 4.17. The molecule has 3 rings (SSSR count). The average Bonchev–Trinajstić information content (AvgIpc) is 2.88. The van der Waals surface area contributed by atoms with E-state index in [4.69, 9.17) is 4.52 Å². The van der Waals surface area contributed by atoms with Gasteiger partial charge in [-0.05, 0) is 43.7 Å². The lowest BCUT2D eigenvalue weighted by molar-refractivity contribution is 0.0930. The molecule has 2 aromatic rings. The third kappa shape index (κ3) is 2.58. The highest BCUT2D eigenvalue weighted by molar-refractivity contribution is 5.96. The normalized spacial score (nSPS) is 17.3. The molecule has 110 valence electrons. The van der Waals surface area contributed by atoms with Crippen molar-refractivity contribution < 1.29 is 9.32 Å². The van der Waals surface area contributed by atoms with Crippen LogP contribution in [0, 0.1) is 6.92 Å². The van der Waals surface area contributed by atoms with Gasteiger partial charge in [-0.2, -0.15) is 0 Å². The molecule has 1 aromatic carbocycles. The lowest BCUT2D eigenvalue weighted by atomic mass is 9.87. The van der Waals surface area contributed by atoms with Crippen molar-refractivity contribution in [3.8, 4) is 0 Å². The topological polar surface area (TPSA) is 55.1 Å². The number of nitrogens with one attached hydrogen (secondary N) is 1. The summed E-state index contributed by atoms with van der Waals surface area (Å²) < 4.78 is 5.16. The lowest BCUT2D eigenvalue weighted by Crippen LogP contribution is -2.31. The van der Waals surface area contributed by atoms with E-state index in [1.807, 2.05) is 13.0 Å². The fraction of sp³-hybridized carbons (Fsp3) is 0.412. The minimum absolute atomic E-state index is 0.0766. The zero-order chi connectivity index (χ0) is 14.8. The Balaban J connectivity index is 1.84. The standard InChI is InChI=1S/C17H20N2O2/c1-3-14-16(11(2)21-19-14)17(20)18-15-10-6-8-12-7-4-5-9-13(12)15/h4-5,7,9,15H,3,6,8,10H2,1-2H3,(H,18,20). The molecule has 0 radical (unpaired) electrons. The number of fused-ring (bicyclic) bond motifs is 1. The molecule has 0 aliphatic heterocycles. The van der Waals surface area contributed by atoms with E-state index in [-0.39, 0.29) is 11.9 Å². The summed E-state index contributed by atoms with van der Waals surface area (Å²) in [5.74, 6) is 0.515. The van der Waals surface area contributed by atoms with Gasteiger partial charge >= 0.3 is 0 Å². The second-order valence-electron chi connectivity index (χ2n) is 5.53. The molecule has 1 aromatic heterocycles. The number of rotatable bonds is 3. The molecule has 1 heterocycles. The van der Waals surface area contributed by atoms with E-state index in [0.717, 1.165) is 25.0 Å². The summed E-state index contributed by atoms with van der Waals surface area (Å²) in [6, 6.07) is 8.44. The maximum Gasteiger partial charge on any atom is 0.257 e. The molecule has 1 aliphatic rings. The molecule has 1 aliphatic carbocycles. The summed E-state index contributed by atoms with van der Waals surface area (Å²) in [5, 5.41) is 7.11. The van der Waals surface area contributed by atoms with Gasteiger partial charge in [-0.25, -0.2) is 0 Å². The van der Waals surface area contributed by atoms with Gasteiger partial charge in [0.25, 0.3) is 5.91 Å². The van der Waals surface area contributed by atoms with E-state index in [1.165, 1.54) is 11.1 Å². The van der Waals surface area contributed by atoms with Crippen LogP contribution in [0.15, 0.2) is 28.8 Å². The Morgan fingerprint density at radius 2 is 2.24 bits per heavy atom. The highest BCUT2D eigenvalue weighted by Gasteiger charge is 2.25. The Labute approximate surface area is 124 Å². The maximum atomic E-state index is 12.6. The van der Waals surface area contributed by atoms with Gasteiger partial charge in [0.05, 0.1) is 11.7 Å². The molecule has 4 nitrogen and oxygen atoms in total. The van der Waals surface area contributed by atoms with Gasteiger partial charge in [-0.3, -0.25) is 4.79 Å². The SMILES string of the molecule is CCc1noc(C)c1C(=O)NC1CCCc2ccccc21. The van der Waals surface area contributed by atoms with Gasteiger partial charge in [0.15, 0.2) is 0 Å². The summed E-state index contributed by atoms with van der Waals surface area (Å²) in [4.78, 5) is 12.6. The van der Waals surface area contributed by atoms with Crippen molar-refractivity contribution in [2.75, 3.05) is 0 Å². The second-order valence-corrected chi connectivity index (χ2v) is 5.53. The number of hydrogen-bond acceptors (Lipinski definition) is 3. The first-order valence-corrected chi connectivity index (χ1v) is 7.54. The van der Waals surface area contributed by atoms with Crippen LogP contribution in [0.5, 0.6) is 0 Å². The molecule has 0 fully saturated rings. The smallest absolute Gasteiger partial charge is 0.257 e. The fourth-order valence-electron chi connectivity index (χ4n) is 3.08. The predicted molar refractivity (Wildman–Crippen MR) is 80.2 cm³/mol. The fourth-order valence-corrected chi connectivity index (χ4v) is 3.08. The molecule has 0 saturated carbocycles. The Bertz CT molecular complexity index is 661. The van der Waals surface area contributed by atoms with Gasteiger partial charge in [-0.1, -0.05) is 36.3 Å². The van der Waals surface area contributed by atoms with E-state index >= 15 is 0 Å². The zero-order valence-corrected chi connectivity index (χ0v) is 12.5. The highest BCUT2D eigenvalue weighted by atomic mass is 16.5. The number of benzene rings is 1. The molecule has 1 atom stereocenters. The summed E-state index contributed by atoms with van der Waals surface area (Å²) >= 11 is 0. The predicted octanol–water partition coefficient (Wildman–Crippen LogP) is 3.35. The third-order valence-electron chi connectivity index (χ3n) is 4.17. The van der Waals surface area contributed by atoms with Crippen molar-refractivity contribution in [1.82, 2.24) is 10.5 Å². The quantitative estimate of drug-likeness (QED) is 0.940. The first kappa shape index (κ1) is 13.9. The van der Waals surface area contributed by atoms with Crippen LogP contribution in [0.4, 0.5) is 0 Å². The van der Waals surface area contributed by atoms with E-state index in [9.17, 15) is 4.79 Å². The monoisotopic (exact) mass is 284 g/mol. The molecule has 1 N–H and O–H groups in total. The second kappa shape index (κ2) is 5.72. The van der Waals surface area contributed by atoms with E-state index < -0.39 is 0 Å². The molecule has 0 bridgehead atoms. The van der Waals surface area contributed by atoms with E-state index in [2.05, 4.69) is 28.7 Å². The number of aryl methyl sites for hydroxylation is 3. The molecular formula is C17H20N2O2. The van der Waals surface area contributed by atoms with Crippen LogP contribution in [0.1, 0.15) is 58.7 Å². The number of carbonyl (C=O) groups excluding carboxylic acids is 1. The molecule has 1 amide bonds. The number of carbonyl (C=O) groups is 1. The average molecular weight is 284 g/mol. The molecular weight excluding hydrogens is 264 g/mol. The number of amides is 1. The lowest BCUT2D eigenvalue weighted by Gasteiger charge is -2.26. The summed E-state index contributed by atoms with van der Waals surface area (Å²) in [7, 11) is 0. The van der Waals surface area contributed by atoms with Gasteiger partial charge in [0.1, 0.15) is 11.3 Å². The Morgan fingerprint density at radius 1 is 1.43 bits per heavy atom. The van der Waals surface area contributed by atoms with Crippen LogP contribution in [0.2, 0.25) is 0 Å². The van der Waals surface area contributed by atoms with Gasteiger partial charge in [0.2, 0.25) is 0 Å². The van der Waals surface area contributed by atoms with Crippen molar-refractivity contribution in [3.63, 3.8) is 0 Å². The summed E-state index contributed by atoms with van der Waals surface area (Å²) in [6.45, 7) is 3.76. The number of nitrogens with zero attached hydrogens (tertiary/aromatic N) is 1. The molecule has 21 heavy (non-hydrogen) atoms. The molecule has 0 saturated heterocycles. The largest absolute Gasteiger partial charge is 0.361 e. The van der Waals surface area contributed by atoms with Gasteiger partial charge in [-0.15, -0.1) is 0 Å². The Hall–Kier alpha value is -2.10. The van der Waals surface area contributed by atoms with Crippen LogP contribution >= 0.6 is 0 Å². The minimum Gasteiger partial charge on any atom is -0.361 e. The van der Waals surface area contributed by atoms with Crippen LogP contribution in [-0.4, -0.2) is 11.1 Å². The van der Waals surface area contributed by atoms with Crippen LogP contribution in [0.3, 0.4) is 0 Å². The highest BCUT2D eigenvalue weighted by Crippen LogP contribution is 2.30. The van der Waals surface area contributed by atoms with E-state index in [0.29, 0.717) is 17.7 Å². The van der Waals surface area contributed by atoms with Gasteiger partial charge < -0.3 is 9.84 Å². The van der Waals surface area contributed by atoms with Crippen molar-refractivity contribution in [2.24, 2.45) is 0 Å². The number of hydrogen-bond donors (Lipinski definition) is 1. The number of aromatic nitrogens is 1. The maximum absolute atomic E-state index is 12.6. The Kier molecular flexibility index (Phi) is 3.78. The van der Waals surface area contributed by atoms with Crippen LogP contribution < -0.4 is 5.32 Å². The first-order valence-electron chi connectivity index (χ1n) is 7.54. The van der Waals surface area contributed by atoms with Crippen molar-refractivity contribution >= 4 is 5.91 Å². The van der Waals surface area contributed by atoms with Crippen molar-refractivity contribution in [2.45, 2.75) is 45.6 Å². The van der Waals surface area contributed by atoms with Crippen molar-refractivity contribution in [1.29, 1.82) is 0 Å². The van der Waals surface area contributed by atoms with Crippen LogP contribution in [0.25, 0.3) is 0 Å².